The topological polar surface area (TPSA) is 15.3 Å². The number of nitrogens with zero attached hydrogens (tertiary/aromatic N) is 1. The lowest BCUT2D eigenvalue weighted by Crippen LogP contribution is -2.27. The number of para-hydroxylation sites is 1. The Hall–Kier alpha value is -1.96. The first kappa shape index (κ1) is 13.5. The van der Waals surface area contributed by atoms with Crippen LogP contribution in [0.15, 0.2) is 54.6 Å². The zero-order valence-electron chi connectivity index (χ0n) is 11.9. The monoisotopic (exact) mass is 254 g/mol. The molecule has 2 aromatic carbocycles. The van der Waals surface area contributed by atoms with Crippen molar-refractivity contribution in [3.8, 4) is 0 Å². The highest BCUT2D eigenvalue weighted by Crippen LogP contribution is 2.22. The van der Waals surface area contributed by atoms with Crippen LogP contribution < -0.4 is 10.2 Å². The van der Waals surface area contributed by atoms with Gasteiger partial charge in [0.15, 0.2) is 0 Å². The van der Waals surface area contributed by atoms with Crippen molar-refractivity contribution < 1.29 is 0 Å². The number of anilines is 3. The summed E-state index contributed by atoms with van der Waals surface area (Å²) in [6.45, 7) is 4.46. The molecule has 0 radical (unpaired) electrons. The Morgan fingerprint density at radius 1 is 0.947 bits per heavy atom. The Balaban J connectivity index is 2.06. The number of hydrogen-bond acceptors (Lipinski definition) is 2. The van der Waals surface area contributed by atoms with Gasteiger partial charge in [0.05, 0.1) is 0 Å². The highest BCUT2D eigenvalue weighted by atomic mass is 15.1. The largest absolute Gasteiger partial charge is 0.372 e. The molecule has 0 saturated heterocycles. The highest BCUT2D eigenvalue weighted by molar-refractivity contribution is 5.62. The molecule has 1 N–H and O–H groups in total. The standard InChI is InChI=1S/C17H22N2/c1-4-14(2)19(3)17-12-10-16(11-13-17)18-15-8-6-5-7-9-15/h5-14,18H,4H2,1-3H3. The van der Waals surface area contributed by atoms with E-state index < -0.39 is 0 Å². The van der Waals surface area contributed by atoms with Crippen molar-refractivity contribution >= 4 is 17.1 Å². The highest BCUT2D eigenvalue weighted by Gasteiger charge is 2.07. The molecule has 1 unspecified atom stereocenters. The van der Waals surface area contributed by atoms with Gasteiger partial charge in [0.2, 0.25) is 0 Å². The van der Waals surface area contributed by atoms with Gasteiger partial charge in [-0.3, -0.25) is 0 Å². The Bertz CT molecular complexity index is 490. The summed E-state index contributed by atoms with van der Waals surface area (Å²) < 4.78 is 0. The summed E-state index contributed by atoms with van der Waals surface area (Å²) in [6, 6.07) is 19.4. The van der Waals surface area contributed by atoms with Crippen molar-refractivity contribution in [1.82, 2.24) is 0 Å². The van der Waals surface area contributed by atoms with Crippen LogP contribution in [0.5, 0.6) is 0 Å². The Morgan fingerprint density at radius 2 is 1.53 bits per heavy atom. The molecule has 1 atom stereocenters. The first-order chi connectivity index (χ1) is 9.20. The summed E-state index contributed by atoms with van der Waals surface area (Å²) >= 11 is 0. The molecule has 2 rings (SSSR count). The molecule has 0 saturated carbocycles. The van der Waals surface area contributed by atoms with E-state index in [4.69, 9.17) is 0 Å². The van der Waals surface area contributed by atoms with Gasteiger partial charge in [-0.05, 0) is 49.7 Å². The van der Waals surface area contributed by atoms with Gasteiger partial charge in [-0.25, -0.2) is 0 Å². The fourth-order valence-electron chi connectivity index (χ4n) is 2.00. The minimum absolute atomic E-state index is 0.563. The van der Waals surface area contributed by atoms with Crippen LogP contribution in [0.25, 0.3) is 0 Å². The lowest BCUT2D eigenvalue weighted by Gasteiger charge is -2.26. The minimum atomic E-state index is 0.563. The quantitative estimate of drug-likeness (QED) is 0.834. The second kappa shape index (κ2) is 6.28. The predicted molar refractivity (Wildman–Crippen MR) is 84.3 cm³/mol. The molecule has 0 aromatic heterocycles. The molecule has 100 valence electrons. The van der Waals surface area contributed by atoms with Gasteiger partial charge in [-0.1, -0.05) is 25.1 Å². The van der Waals surface area contributed by atoms with E-state index in [1.165, 1.54) is 5.69 Å². The van der Waals surface area contributed by atoms with Crippen LogP contribution >= 0.6 is 0 Å². The van der Waals surface area contributed by atoms with E-state index in [1.807, 2.05) is 18.2 Å². The molecule has 0 bridgehead atoms. The molecular weight excluding hydrogens is 232 g/mol. The molecule has 19 heavy (non-hydrogen) atoms. The zero-order chi connectivity index (χ0) is 13.7. The maximum atomic E-state index is 3.39. The minimum Gasteiger partial charge on any atom is -0.372 e. The fourth-order valence-corrected chi connectivity index (χ4v) is 2.00. The molecule has 2 heteroatoms. The molecule has 0 fully saturated rings. The molecular formula is C17H22N2. The van der Waals surface area contributed by atoms with Gasteiger partial charge in [0, 0.05) is 30.2 Å². The van der Waals surface area contributed by atoms with Crippen molar-refractivity contribution in [1.29, 1.82) is 0 Å². The summed E-state index contributed by atoms with van der Waals surface area (Å²) in [5.41, 5.74) is 3.49. The van der Waals surface area contributed by atoms with E-state index in [2.05, 4.69) is 67.5 Å². The first-order valence-electron chi connectivity index (χ1n) is 6.85. The maximum Gasteiger partial charge on any atom is 0.0385 e. The Morgan fingerprint density at radius 3 is 2.11 bits per heavy atom. The third kappa shape index (κ3) is 3.50. The number of nitrogens with one attached hydrogen (secondary N) is 1. The van der Waals surface area contributed by atoms with Crippen LogP contribution in [0.2, 0.25) is 0 Å². The van der Waals surface area contributed by atoms with E-state index >= 15 is 0 Å². The van der Waals surface area contributed by atoms with Crippen molar-refractivity contribution in [3.63, 3.8) is 0 Å². The van der Waals surface area contributed by atoms with Gasteiger partial charge in [-0.2, -0.15) is 0 Å². The molecule has 0 aliphatic carbocycles. The molecule has 0 aliphatic rings. The fraction of sp³-hybridized carbons (Fsp3) is 0.294. The van der Waals surface area contributed by atoms with Crippen molar-refractivity contribution in [2.45, 2.75) is 26.3 Å². The normalized spacial score (nSPS) is 11.9. The van der Waals surface area contributed by atoms with E-state index in [-0.39, 0.29) is 0 Å². The van der Waals surface area contributed by atoms with E-state index in [0.29, 0.717) is 6.04 Å². The number of benzene rings is 2. The van der Waals surface area contributed by atoms with E-state index in [1.54, 1.807) is 0 Å². The average Bonchev–Trinajstić information content (AvgIpc) is 2.47. The second-order valence-electron chi connectivity index (χ2n) is 4.91. The van der Waals surface area contributed by atoms with E-state index in [0.717, 1.165) is 17.8 Å². The van der Waals surface area contributed by atoms with Crippen LogP contribution in [0.4, 0.5) is 17.1 Å². The number of rotatable bonds is 5. The first-order valence-corrected chi connectivity index (χ1v) is 6.85. The lowest BCUT2D eigenvalue weighted by molar-refractivity contribution is 0.664. The van der Waals surface area contributed by atoms with Crippen LogP contribution in [0.1, 0.15) is 20.3 Å². The van der Waals surface area contributed by atoms with Gasteiger partial charge in [0.1, 0.15) is 0 Å². The molecule has 2 aromatic rings. The van der Waals surface area contributed by atoms with Gasteiger partial charge in [-0.15, -0.1) is 0 Å². The molecule has 0 amide bonds. The lowest BCUT2D eigenvalue weighted by atomic mass is 10.2. The summed E-state index contributed by atoms with van der Waals surface area (Å²) in [6.07, 6.45) is 1.15. The van der Waals surface area contributed by atoms with Crippen LogP contribution in [-0.2, 0) is 0 Å². The van der Waals surface area contributed by atoms with Crippen molar-refractivity contribution in [2.24, 2.45) is 0 Å². The van der Waals surface area contributed by atoms with Gasteiger partial charge < -0.3 is 10.2 Å². The SMILES string of the molecule is CCC(C)N(C)c1ccc(Nc2ccccc2)cc1. The van der Waals surface area contributed by atoms with Gasteiger partial charge >= 0.3 is 0 Å². The summed E-state index contributed by atoms with van der Waals surface area (Å²) in [5, 5.41) is 3.39. The maximum absolute atomic E-state index is 3.39. The smallest absolute Gasteiger partial charge is 0.0385 e. The Labute approximate surface area is 116 Å². The summed E-state index contributed by atoms with van der Waals surface area (Å²) in [5.74, 6) is 0. The van der Waals surface area contributed by atoms with Crippen LogP contribution in [0, 0.1) is 0 Å². The zero-order valence-corrected chi connectivity index (χ0v) is 11.9. The van der Waals surface area contributed by atoms with Crippen LogP contribution in [-0.4, -0.2) is 13.1 Å². The van der Waals surface area contributed by atoms with Crippen LogP contribution in [0.3, 0.4) is 0 Å². The van der Waals surface area contributed by atoms with E-state index in [9.17, 15) is 0 Å². The van der Waals surface area contributed by atoms with Gasteiger partial charge in [0.25, 0.3) is 0 Å². The third-order valence-electron chi connectivity index (χ3n) is 3.59. The summed E-state index contributed by atoms with van der Waals surface area (Å²) in [4.78, 5) is 2.31. The third-order valence-corrected chi connectivity index (χ3v) is 3.59. The molecule has 0 spiro atoms. The van der Waals surface area contributed by atoms with Crippen molar-refractivity contribution in [3.05, 3.63) is 54.6 Å². The molecule has 2 nitrogen and oxygen atoms in total. The second-order valence-corrected chi connectivity index (χ2v) is 4.91. The summed E-state index contributed by atoms with van der Waals surface area (Å²) in [7, 11) is 2.15. The molecule has 0 heterocycles. The number of hydrogen-bond donors (Lipinski definition) is 1. The predicted octanol–water partition coefficient (Wildman–Crippen LogP) is 4.66. The average molecular weight is 254 g/mol. The van der Waals surface area contributed by atoms with Crippen molar-refractivity contribution in [2.75, 3.05) is 17.3 Å². The Kier molecular flexibility index (Phi) is 4.45. The molecule has 0 aliphatic heterocycles.